The van der Waals surface area contributed by atoms with Crippen LogP contribution in [-0.4, -0.2) is 21.5 Å². The molecule has 0 aromatic carbocycles. The highest BCUT2D eigenvalue weighted by Crippen LogP contribution is 2.26. The van der Waals surface area contributed by atoms with E-state index in [0.717, 1.165) is 23.3 Å². The van der Waals surface area contributed by atoms with Crippen molar-refractivity contribution in [3.05, 3.63) is 34.0 Å². The number of hydrogen-bond donors (Lipinski definition) is 1. The first kappa shape index (κ1) is 13.2. The Morgan fingerprint density at radius 1 is 1.39 bits per heavy atom. The Bertz CT molecular complexity index is 547. The monoisotopic (exact) mass is 326 g/mol. The van der Waals surface area contributed by atoms with Crippen LogP contribution in [0.25, 0.3) is 11.5 Å². The van der Waals surface area contributed by atoms with Crippen molar-refractivity contribution < 1.29 is 0 Å². The van der Waals surface area contributed by atoms with E-state index in [1.54, 1.807) is 24.5 Å². The zero-order valence-corrected chi connectivity index (χ0v) is 12.2. The molecule has 0 unspecified atom stereocenters. The number of hydrogen-bond acceptors (Lipinski definition) is 4. The fraction of sp³-hybridized carbons (Fsp3) is 0.250. The minimum atomic E-state index is 0.516. The van der Waals surface area contributed by atoms with E-state index in [2.05, 4.69) is 43.1 Å². The summed E-state index contributed by atoms with van der Waals surface area (Å²) in [6.07, 6.45) is 4.40. The van der Waals surface area contributed by atoms with E-state index in [-0.39, 0.29) is 0 Å². The number of rotatable bonds is 4. The lowest BCUT2D eigenvalue weighted by atomic mass is 10.3. The number of anilines is 1. The normalized spacial score (nSPS) is 10.4. The van der Waals surface area contributed by atoms with Gasteiger partial charge in [-0.25, -0.2) is 9.97 Å². The maximum atomic E-state index is 6.08. The Hall–Kier alpha value is -1.20. The summed E-state index contributed by atoms with van der Waals surface area (Å²) in [7, 11) is 0. The molecule has 94 valence electrons. The van der Waals surface area contributed by atoms with Gasteiger partial charge in [-0.3, -0.25) is 4.98 Å². The lowest BCUT2D eigenvalue weighted by Gasteiger charge is -2.08. The Kier molecular flexibility index (Phi) is 4.49. The molecule has 0 spiro atoms. The summed E-state index contributed by atoms with van der Waals surface area (Å²) < 4.78 is 0.826. The lowest BCUT2D eigenvalue weighted by Crippen LogP contribution is -2.04. The van der Waals surface area contributed by atoms with E-state index in [1.165, 1.54) is 0 Å². The molecule has 0 aliphatic carbocycles. The molecule has 0 aliphatic heterocycles. The highest BCUT2D eigenvalue weighted by molar-refractivity contribution is 9.10. The van der Waals surface area contributed by atoms with Gasteiger partial charge in [0.25, 0.3) is 0 Å². The van der Waals surface area contributed by atoms with Crippen LogP contribution in [0.15, 0.2) is 29.0 Å². The minimum absolute atomic E-state index is 0.516. The number of nitrogens with zero attached hydrogens (tertiary/aromatic N) is 3. The van der Waals surface area contributed by atoms with E-state index in [9.17, 15) is 0 Å². The molecule has 0 bridgehead atoms. The van der Waals surface area contributed by atoms with Crippen LogP contribution in [-0.2, 0) is 0 Å². The minimum Gasteiger partial charge on any atom is -0.369 e. The van der Waals surface area contributed by atoms with Gasteiger partial charge in [0.15, 0.2) is 5.82 Å². The first-order chi connectivity index (χ1) is 8.72. The van der Waals surface area contributed by atoms with Gasteiger partial charge >= 0.3 is 0 Å². The van der Waals surface area contributed by atoms with Gasteiger partial charge in [-0.05, 0) is 34.5 Å². The van der Waals surface area contributed by atoms with Crippen molar-refractivity contribution in [3.63, 3.8) is 0 Å². The standard InChI is InChI=1S/C12H12BrClN4/c1-2-5-16-11-8(13)7-17-12(18-11)10-9(14)4-3-6-15-10/h3-4,6-7H,2,5H2,1H3,(H,16,17,18). The number of aromatic nitrogens is 3. The number of halogens is 2. The molecular formula is C12H12BrClN4. The van der Waals surface area contributed by atoms with Crippen LogP contribution in [0.1, 0.15) is 13.3 Å². The zero-order valence-electron chi connectivity index (χ0n) is 9.82. The van der Waals surface area contributed by atoms with E-state index in [1.807, 2.05) is 0 Å². The van der Waals surface area contributed by atoms with Crippen LogP contribution in [0.5, 0.6) is 0 Å². The van der Waals surface area contributed by atoms with Crippen molar-refractivity contribution in [1.82, 2.24) is 15.0 Å². The third-order valence-electron chi connectivity index (χ3n) is 2.26. The summed E-state index contributed by atoms with van der Waals surface area (Å²) in [5.41, 5.74) is 0.589. The first-order valence-corrected chi connectivity index (χ1v) is 6.76. The zero-order chi connectivity index (χ0) is 13.0. The SMILES string of the molecule is CCCNc1nc(-c2ncccc2Cl)ncc1Br. The molecule has 2 heterocycles. The van der Waals surface area contributed by atoms with Gasteiger partial charge in [0.05, 0.1) is 9.50 Å². The maximum Gasteiger partial charge on any atom is 0.181 e. The van der Waals surface area contributed by atoms with E-state index in [0.29, 0.717) is 16.5 Å². The molecule has 2 aromatic heterocycles. The Labute approximate surface area is 119 Å². The second-order valence-corrected chi connectivity index (χ2v) is 4.91. The van der Waals surface area contributed by atoms with Gasteiger partial charge in [-0.15, -0.1) is 0 Å². The molecule has 0 atom stereocenters. The smallest absolute Gasteiger partial charge is 0.181 e. The summed E-state index contributed by atoms with van der Waals surface area (Å²) in [6.45, 7) is 2.95. The Morgan fingerprint density at radius 2 is 2.22 bits per heavy atom. The third kappa shape index (κ3) is 2.97. The average Bonchev–Trinajstić information content (AvgIpc) is 2.39. The molecule has 0 saturated heterocycles. The van der Waals surface area contributed by atoms with Crippen molar-refractivity contribution in [1.29, 1.82) is 0 Å². The topological polar surface area (TPSA) is 50.7 Å². The number of nitrogens with one attached hydrogen (secondary N) is 1. The summed E-state index contributed by atoms with van der Waals surface area (Å²) in [4.78, 5) is 12.9. The van der Waals surface area contributed by atoms with Crippen LogP contribution in [0.4, 0.5) is 5.82 Å². The molecule has 6 heteroatoms. The molecular weight excluding hydrogens is 316 g/mol. The van der Waals surface area contributed by atoms with Crippen LogP contribution in [0.3, 0.4) is 0 Å². The molecule has 0 saturated carbocycles. The highest BCUT2D eigenvalue weighted by atomic mass is 79.9. The number of pyridine rings is 1. The third-order valence-corrected chi connectivity index (χ3v) is 3.14. The van der Waals surface area contributed by atoms with Crippen LogP contribution in [0, 0.1) is 0 Å². The fourth-order valence-corrected chi connectivity index (χ4v) is 1.94. The molecule has 2 rings (SSSR count). The molecule has 1 N–H and O–H groups in total. The first-order valence-electron chi connectivity index (χ1n) is 5.59. The quantitative estimate of drug-likeness (QED) is 0.928. The molecule has 0 amide bonds. The second-order valence-electron chi connectivity index (χ2n) is 3.65. The largest absolute Gasteiger partial charge is 0.369 e. The summed E-state index contributed by atoms with van der Waals surface area (Å²) in [6, 6.07) is 3.55. The van der Waals surface area contributed by atoms with Crippen LogP contribution >= 0.6 is 27.5 Å². The predicted octanol–water partition coefficient (Wildman–Crippen LogP) is 3.78. The van der Waals surface area contributed by atoms with Crippen LogP contribution < -0.4 is 5.32 Å². The second kappa shape index (κ2) is 6.11. The summed E-state index contributed by atoms with van der Waals surface area (Å²) in [5.74, 6) is 1.27. The summed E-state index contributed by atoms with van der Waals surface area (Å²) in [5, 5.41) is 3.77. The molecule has 4 nitrogen and oxygen atoms in total. The molecule has 0 fully saturated rings. The van der Waals surface area contributed by atoms with Crippen molar-refractivity contribution in [3.8, 4) is 11.5 Å². The van der Waals surface area contributed by atoms with Gasteiger partial charge in [-0.1, -0.05) is 18.5 Å². The molecule has 0 aliphatic rings. The van der Waals surface area contributed by atoms with Crippen molar-refractivity contribution >= 4 is 33.3 Å². The van der Waals surface area contributed by atoms with E-state index < -0.39 is 0 Å². The predicted molar refractivity (Wildman–Crippen MR) is 76.8 cm³/mol. The van der Waals surface area contributed by atoms with Gasteiger partial charge in [0, 0.05) is 18.9 Å². The van der Waals surface area contributed by atoms with Crippen molar-refractivity contribution in [2.45, 2.75) is 13.3 Å². The van der Waals surface area contributed by atoms with Gasteiger partial charge in [0.2, 0.25) is 0 Å². The van der Waals surface area contributed by atoms with Gasteiger partial charge < -0.3 is 5.32 Å². The van der Waals surface area contributed by atoms with Crippen LogP contribution in [0.2, 0.25) is 5.02 Å². The Balaban J connectivity index is 2.38. The molecule has 2 aromatic rings. The van der Waals surface area contributed by atoms with E-state index in [4.69, 9.17) is 11.6 Å². The highest BCUT2D eigenvalue weighted by Gasteiger charge is 2.10. The summed E-state index contributed by atoms with van der Waals surface area (Å²) >= 11 is 9.49. The lowest BCUT2D eigenvalue weighted by molar-refractivity contribution is 0.962. The van der Waals surface area contributed by atoms with Gasteiger partial charge in [0.1, 0.15) is 11.5 Å². The average molecular weight is 328 g/mol. The van der Waals surface area contributed by atoms with Crippen molar-refractivity contribution in [2.24, 2.45) is 0 Å². The van der Waals surface area contributed by atoms with E-state index >= 15 is 0 Å². The fourth-order valence-electron chi connectivity index (χ4n) is 1.40. The van der Waals surface area contributed by atoms with Crippen molar-refractivity contribution in [2.75, 3.05) is 11.9 Å². The molecule has 18 heavy (non-hydrogen) atoms. The van der Waals surface area contributed by atoms with Gasteiger partial charge in [-0.2, -0.15) is 0 Å². The maximum absolute atomic E-state index is 6.08. The Morgan fingerprint density at radius 3 is 2.94 bits per heavy atom. The molecule has 0 radical (unpaired) electrons.